The molecule has 1 saturated carbocycles. The summed E-state index contributed by atoms with van der Waals surface area (Å²) in [7, 11) is 0. The minimum Gasteiger partial charge on any atom is -0.545 e. The first-order valence-electron chi connectivity index (χ1n) is 14.2. The van der Waals surface area contributed by atoms with Gasteiger partial charge in [-0.3, -0.25) is 9.59 Å². The first-order chi connectivity index (χ1) is 20.8. The minimum absolute atomic E-state index is 0. The summed E-state index contributed by atoms with van der Waals surface area (Å²) < 4.78 is 22.3. The molecule has 0 spiro atoms. The van der Waals surface area contributed by atoms with E-state index in [2.05, 4.69) is 5.32 Å². The second-order valence-corrected chi connectivity index (χ2v) is 12.2. The largest absolute Gasteiger partial charge is 1.00 e. The van der Waals surface area contributed by atoms with Crippen molar-refractivity contribution in [3.63, 3.8) is 0 Å². The van der Waals surface area contributed by atoms with Crippen LogP contribution in [0.2, 0.25) is 5.02 Å². The number of benzene rings is 1. The molecule has 2 unspecified atom stereocenters. The molecular weight excluding hydrogens is 649 g/mol. The molecule has 46 heavy (non-hydrogen) atoms. The van der Waals surface area contributed by atoms with Crippen LogP contribution < -0.4 is 85.0 Å². The van der Waals surface area contributed by atoms with Crippen molar-refractivity contribution >= 4 is 52.1 Å². The number of aliphatic carboxylic acids is 1. The van der Waals surface area contributed by atoms with E-state index >= 15 is 4.39 Å². The molecule has 17 heteroatoms. The number of anilines is 1. The van der Waals surface area contributed by atoms with Crippen LogP contribution in [0.5, 0.6) is 0 Å². The summed E-state index contributed by atoms with van der Waals surface area (Å²) in [5, 5.41) is 35.8. The smallest absolute Gasteiger partial charge is 0.545 e. The maximum atomic E-state index is 15.4. The predicted molar refractivity (Wildman–Crippen MR) is 148 cm³/mol. The van der Waals surface area contributed by atoms with Crippen LogP contribution in [0.4, 0.5) is 14.9 Å². The van der Waals surface area contributed by atoms with E-state index in [0.29, 0.717) is 6.42 Å². The van der Waals surface area contributed by atoms with E-state index in [0.717, 1.165) is 23.8 Å². The number of halogens is 2. The number of alkyl carbamates (subject to hydrolysis) is 1. The molecule has 2 saturated heterocycles. The van der Waals surface area contributed by atoms with Crippen molar-refractivity contribution in [3.05, 3.63) is 50.2 Å². The van der Waals surface area contributed by atoms with Gasteiger partial charge >= 0.3 is 65.2 Å². The van der Waals surface area contributed by atoms with Gasteiger partial charge in [0.15, 0.2) is 5.43 Å². The van der Waals surface area contributed by atoms with E-state index in [1.807, 2.05) is 0 Å². The number of hydrogen-bond donors (Lipinski definition) is 2. The van der Waals surface area contributed by atoms with Crippen molar-refractivity contribution in [1.82, 2.24) is 14.8 Å². The Morgan fingerprint density at radius 2 is 1.85 bits per heavy atom. The number of aliphatic hydroxyl groups excluding tert-OH is 1. The Bertz CT molecular complexity index is 1730. The first kappa shape index (κ1) is 36.7. The molecule has 1 aliphatic carbocycles. The summed E-state index contributed by atoms with van der Waals surface area (Å²) in [6, 6.07) is -0.198. The second-order valence-electron chi connectivity index (χ2n) is 11.8. The van der Waals surface area contributed by atoms with E-state index in [9.17, 15) is 39.3 Å². The first-order valence-corrected chi connectivity index (χ1v) is 14.6. The number of β-lactam (4-membered cyclic amide) rings is 1. The molecular formula is C29H28ClFN4Na2O9. The van der Waals surface area contributed by atoms with E-state index in [1.165, 1.54) is 13.1 Å². The molecule has 2 amide bonds. The number of amides is 2. The number of carbonyl (C=O) groups is 4. The Morgan fingerprint density at radius 3 is 2.43 bits per heavy atom. The summed E-state index contributed by atoms with van der Waals surface area (Å²) in [6.45, 7) is 3.14. The van der Waals surface area contributed by atoms with Gasteiger partial charge < -0.3 is 49.3 Å². The fourth-order valence-corrected chi connectivity index (χ4v) is 7.17. The predicted octanol–water partition coefficient (Wildman–Crippen LogP) is -6.33. The van der Waals surface area contributed by atoms with Gasteiger partial charge in [-0.1, -0.05) is 18.5 Å². The molecule has 3 fully saturated rings. The fraction of sp³-hybridized carbons (Fsp3) is 0.483. The van der Waals surface area contributed by atoms with Crippen LogP contribution in [0, 0.1) is 17.7 Å². The number of carboxylic acids is 2. The van der Waals surface area contributed by atoms with Crippen LogP contribution in [0.3, 0.4) is 0 Å². The van der Waals surface area contributed by atoms with Gasteiger partial charge in [-0.05, 0) is 37.8 Å². The number of fused-ring (bicyclic) bond motifs is 2. The zero-order valence-electron chi connectivity index (χ0n) is 25.7. The number of carboxylic acid groups (broad SMARTS) is 2. The summed E-state index contributed by atoms with van der Waals surface area (Å²) in [4.78, 5) is 64.1. The SMILES string of the molecule is CC1C(COC(=O)NC2CCN(c3c(F)cc4c(=O)c(C(=O)[O-])cn(C5CC5)c4c3Cl)C2)=C(C(=O)[O-])N2C(=O)[C@H]([C@H](C)O)[C@H]12.[Na+].[Na+]. The normalized spacial score (nSPS) is 24.2. The number of rotatable bonds is 8. The average Bonchev–Trinajstić information content (AvgIpc) is 3.63. The van der Waals surface area contributed by atoms with Crippen LogP contribution in [0.1, 0.15) is 49.5 Å². The molecule has 2 aromatic rings. The maximum absolute atomic E-state index is 15.4. The van der Waals surface area contributed by atoms with Crippen LogP contribution in [0.25, 0.3) is 10.9 Å². The third kappa shape index (κ3) is 6.11. The number of ether oxygens (including phenoxy) is 1. The van der Waals surface area contributed by atoms with Gasteiger partial charge in [0.2, 0.25) is 5.91 Å². The molecule has 234 valence electrons. The quantitative estimate of drug-likeness (QED) is 0.201. The van der Waals surface area contributed by atoms with E-state index in [4.69, 9.17) is 16.3 Å². The van der Waals surface area contributed by atoms with Gasteiger partial charge in [0.1, 0.15) is 12.4 Å². The molecule has 13 nitrogen and oxygen atoms in total. The van der Waals surface area contributed by atoms with Crippen molar-refractivity contribution < 1.29 is 103 Å². The Hall–Kier alpha value is -2.17. The van der Waals surface area contributed by atoms with Crippen molar-refractivity contribution in [3.8, 4) is 0 Å². The molecule has 1 aromatic heterocycles. The van der Waals surface area contributed by atoms with Crippen molar-refractivity contribution in [2.24, 2.45) is 11.8 Å². The Balaban J connectivity index is 0.00000240. The maximum Gasteiger partial charge on any atom is 1.00 e. The Morgan fingerprint density at radius 1 is 1.17 bits per heavy atom. The van der Waals surface area contributed by atoms with E-state index < -0.39 is 77.4 Å². The second kappa shape index (κ2) is 13.7. The van der Waals surface area contributed by atoms with Gasteiger partial charge in [-0.2, -0.15) is 0 Å². The number of nitrogens with zero attached hydrogens (tertiary/aromatic N) is 3. The fourth-order valence-electron chi connectivity index (χ4n) is 6.76. The van der Waals surface area contributed by atoms with Crippen molar-refractivity contribution in [2.45, 2.75) is 57.3 Å². The number of aromatic carboxylic acids is 1. The zero-order valence-corrected chi connectivity index (χ0v) is 30.4. The number of carbonyl (C=O) groups excluding carboxylic acids is 4. The number of hydrogen-bond acceptors (Lipinski definition) is 10. The molecule has 3 aliphatic heterocycles. The molecule has 4 aliphatic rings. The summed E-state index contributed by atoms with van der Waals surface area (Å²) in [5.41, 5.74) is -1.40. The monoisotopic (exact) mass is 676 g/mol. The minimum atomic E-state index is -1.66. The van der Waals surface area contributed by atoms with Gasteiger partial charge in [0, 0.05) is 31.2 Å². The van der Waals surface area contributed by atoms with Crippen LogP contribution in [0.15, 0.2) is 28.3 Å². The third-order valence-electron chi connectivity index (χ3n) is 9.04. The van der Waals surface area contributed by atoms with Crippen LogP contribution in [-0.2, 0) is 14.3 Å². The Labute approximate surface area is 311 Å². The van der Waals surface area contributed by atoms with Gasteiger partial charge in [-0.15, -0.1) is 0 Å². The summed E-state index contributed by atoms with van der Waals surface area (Å²) >= 11 is 6.69. The van der Waals surface area contributed by atoms with Gasteiger partial charge in [-0.25, -0.2) is 9.18 Å². The molecule has 2 N–H and O–H groups in total. The number of aromatic nitrogens is 1. The number of aliphatic hydroxyl groups is 1. The number of pyridine rings is 1. The van der Waals surface area contributed by atoms with Gasteiger partial charge in [0.25, 0.3) is 0 Å². The standard InChI is InChI=1S/C29H30ClFN4O9.2Na/c1-11-17(23(28(41)42)35-21(11)19(12(2)36)26(35)38)10-44-29(43)32-13-5-6-33(8-13)24-18(31)7-15-22(20(24)30)34(14-3-4-14)9-16(25(15)37)27(39)40;;/h7,9,11-14,19,21,36H,3-6,8,10H2,1-2H3,(H,32,43)(H,39,40)(H,41,42);;/q;2*+1/p-2/t11?,12-,13?,19+,21-;;/m0../s1. The molecule has 0 bridgehead atoms. The molecule has 0 radical (unpaired) electrons. The molecule has 1 aromatic carbocycles. The van der Waals surface area contributed by atoms with Gasteiger partial charge in [0.05, 0.1) is 68.9 Å². The topological polar surface area (TPSA) is 184 Å². The number of nitrogens with one attached hydrogen (secondary N) is 1. The summed E-state index contributed by atoms with van der Waals surface area (Å²) in [6.07, 6.45) is 1.20. The van der Waals surface area contributed by atoms with E-state index in [-0.39, 0.29) is 111 Å². The van der Waals surface area contributed by atoms with Crippen molar-refractivity contribution in [1.29, 1.82) is 0 Å². The molecule has 6 rings (SSSR count). The summed E-state index contributed by atoms with van der Waals surface area (Å²) in [5.74, 6) is -5.87. The van der Waals surface area contributed by atoms with Crippen LogP contribution >= 0.6 is 11.6 Å². The third-order valence-corrected chi connectivity index (χ3v) is 9.40. The van der Waals surface area contributed by atoms with Crippen molar-refractivity contribution in [2.75, 3.05) is 24.6 Å². The zero-order chi connectivity index (χ0) is 31.8. The molecule has 4 heterocycles. The average molecular weight is 677 g/mol. The Kier molecular flexibility index (Phi) is 11.0. The van der Waals surface area contributed by atoms with Crippen LogP contribution in [-0.4, -0.2) is 76.4 Å². The van der Waals surface area contributed by atoms with E-state index in [1.54, 1.807) is 16.4 Å². The molecule has 5 atom stereocenters.